The first-order valence-corrected chi connectivity index (χ1v) is 11.7. The van der Waals surface area contributed by atoms with Crippen LogP contribution in [0.25, 0.3) is 22.3 Å². The quantitative estimate of drug-likeness (QED) is 0.341. The van der Waals surface area contributed by atoms with Crippen molar-refractivity contribution in [2.45, 2.75) is 11.3 Å². The average Bonchev–Trinajstić information content (AvgIpc) is 2.77. The summed E-state index contributed by atoms with van der Waals surface area (Å²) in [5.74, 6) is -0.623. The van der Waals surface area contributed by atoms with E-state index in [1.165, 1.54) is 12.1 Å². The van der Waals surface area contributed by atoms with Crippen LogP contribution in [0, 0.1) is 0 Å². The van der Waals surface area contributed by atoms with Gasteiger partial charge >= 0.3 is 0 Å². The zero-order chi connectivity index (χ0) is 23.3. The summed E-state index contributed by atoms with van der Waals surface area (Å²) < 4.78 is 27.7. The predicted molar refractivity (Wildman–Crippen MR) is 129 cm³/mol. The van der Waals surface area contributed by atoms with Gasteiger partial charge in [0.15, 0.2) is 0 Å². The third-order valence-corrected chi connectivity index (χ3v) is 6.58. The molecule has 0 aliphatic carbocycles. The number of sulfonamides is 1. The van der Waals surface area contributed by atoms with Gasteiger partial charge in [-0.1, -0.05) is 42.5 Å². The zero-order valence-electron chi connectivity index (χ0n) is 18.2. The lowest BCUT2D eigenvalue weighted by molar-refractivity contribution is 0.100. The van der Waals surface area contributed by atoms with Crippen molar-refractivity contribution in [1.82, 2.24) is 9.62 Å². The Morgan fingerprint density at radius 3 is 2.19 bits per heavy atom. The van der Waals surface area contributed by atoms with Gasteiger partial charge < -0.3 is 16.4 Å². The molecule has 0 atom stereocenters. The molecule has 0 aliphatic heterocycles. The van der Waals surface area contributed by atoms with Crippen molar-refractivity contribution >= 4 is 21.6 Å². The number of nitrogens with zero attached hydrogens (tertiary/aromatic N) is 1. The fourth-order valence-electron chi connectivity index (χ4n) is 3.39. The number of benzene rings is 3. The lowest BCUT2D eigenvalue weighted by atomic mass is 9.94. The number of primary amides is 1. The molecule has 3 rings (SSSR count). The lowest BCUT2D eigenvalue weighted by Crippen LogP contribution is -2.27. The van der Waals surface area contributed by atoms with Crippen LogP contribution in [-0.2, 0) is 10.0 Å². The van der Waals surface area contributed by atoms with Crippen molar-refractivity contribution < 1.29 is 13.2 Å². The molecule has 0 bridgehead atoms. The minimum atomic E-state index is -3.61. The smallest absolute Gasteiger partial charge is 0.250 e. The van der Waals surface area contributed by atoms with Gasteiger partial charge in [-0.15, -0.1) is 0 Å². The molecule has 7 nitrogen and oxygen atoms in total. The van der Waals surface area contributed by atoms with E-state index in [0.29, 0.717) is 24.1 Å². The fourth-order valence-corrected chi connectivity index (χ4v) is 4.47. The first-order valence-electron chi connectivity index (χ1n) is 10.2. The molecule has 3 aromatic rings. The van der Waals surface area contributed by atoms with E-state index >= 15 is 0 Å². The van der Waals surface area contributed by atoms with Crippen molar-refractivity contribution in [1.29, 1.82) is 0 Å². The monoisotopic (exact) mass is 452 g/mol. The Bertz CT molecular complexity index is 1190. The Kier molecular flexibility index (Phi) is 7.29. The van der Waals surface area contributed by atoms with Crippen LogP contribution in [0.5, 0.6) is 0 Å². The standard InChI is InChI=1S/C24H28N4O3S/c1-28(2)14-6-13-27-32(30,31)20-11-9-18(10-12-20)21-15-19(17-7-4-3-5-8-17)16-22(23(21)25)24(26)29/h3-5,7-12,15-16,27H,6,13-14,25H2,1-2H3,(H2,26,29). The van der Waals surface area contributed by atoms with Gasteiger partial charge in [-0.05, 0) is 68.0 Å². The molecule has 0 spiro atoms. The molecule has 0 unspecified atom stereocenters. The molecular weight excluding hydrogens is 424 g/mol. The van der Waals surface area contributed by atoms with Crippen molar-refractivity contribution in [2.75, 3.05) is 32.9 Å². The number of nitrogens with one attached hydrogen (secondary N) is 1. The lowest BCUT2D eigenvalue weighted by Gasteiger charge is -2.14. The number of amides is 1. The SMILES string of the molecule is CN(C)CCCNS(=O)(=O)c1ccc(-c2cc(-c3ccccc3)cc(C(N)=O)c2N)cc1. The maximum Gasteiger partial charge on any atom is 0.250 e. The molecule has 0 radical (unpaired) electrons. The van der Waals surface area contributed by atoms with Crippen LogP contribution in [0.1, 0.15) is 16.8 Å². The van der Waals surface area contributed by atoms with E-state index in [9.17, 15) is 13.2 Å². The average molecular weight is 453 g/mol. The number of carbonyl (C=O) groups excluding carboxylic acids is 1. The second-order valence-electron chi connectivity index (χ2n) is 7.79. The zero-order valence-corrected chi connectivity index (χ0v) is 19.0. The highest BCUT2D eigenvalue weighted by Crippen LogP contribution is 2.34. The van der Waals surface area contributed by atoms with Gasteiger partial charge in [0.1, 0.15) is 0 Å². The minimum absolute atomic E-state index is 0.166. The number of nitrogen functional groups attached to an aromatic ring is 1. The summed E-state index contributed by atoms with van der Waals surface area (Å²) in [5.41, 5.74) is 15.3. The van der Waals surface area contributed by atoms with Gasteiger partial charge in [-0.25, -0.2) is 13.1 Å². The third-order valence-electron chi connectivity index (χ3n) is 5.10. The van der Waals surface area contributed by atoms with Crippen molar-refractivity contribution in [2.24, 2.45) is 5.73 Å². The molecule has 3 aromatic carbocycles. The number of rotatable bonds is 9. The molecule has 0 fully saturated rings. The summed E-state index contributed by atoms with van der Waals surface area (Å²) in [4.78, 5) is 14.2. The molecular formula is C24H28N4O3S. The van der Waals surface area contributed by atoms with Gasteiger partial charge in [0.05, 0.1) is 16.1 Å². The highest BCUT2D eigenvalue weighted by atomic mass is 32.2. The van der Waals surface area contributed by atoms with Crippen molar-refractivity contribution in [3.05, 3.63) is 72.3 Å². The first-order chi connectivity index (χ1) is 15.2. The summed E-state index contributed by atoms with van der Waals surface area (Å²) in [6.07, 6.45) is 0.711. The van der Waals surface area contributed by atoms with Crippen LogP contribution in [0.2, 0.25) is 0 Å². The number of carbonyl (C=O) groups is 1. The van der Waals surface area contributed by atoms with E-state index in [1.807, 2.05) is 55.4 Å². The summed E-state index contributed by atoms with van der Waals surface area (Å²) >= 11 is 0. The summed E-state index contributed by atoms with van der Waals surface area (Å²) in [6, 6.07) is 19.5. The highest BCUT2D eigenvalue weighted by Gasteiger charge is 2.17. The molecule has 0 aliphatic rings. The molecule has 0 aromatic heterocycles. The van der Waals surface area contributed by atoms with E-state index in [-0.39, 0.29) is 16.1 Å². The Morgan fingerprint density at radius 2 is 1.59 bits per heavy atom. The summed E-state index contributed by atoms with van der Waals surface area (Å²) in [7, 11) is 0.266. The van der Waals surface area contributed by atoms with Crippen LogP contribution in [-0.4, -0.2) is 46.4 Å². The van der Waals surface area contributed by atoms with Crippen LogP contribution >= 0.6 is 0 Å². The van der Waals surface area contributed by atoms with Gasteiger partial charge in [0.2, 0.25) is 10.0 Å². The molecule has 1 amide bonds. The van der Waals surface area contributed by atoms with E-state index in [1.54, 1.807) is 18.2 Å². The first kappa shape index (κ1) is 23.5. The second-order valence-corrected chi connectivity index (χ2v) is 9.56. The van der Waals surface area contributed by atoms with E-state index in [2.05, 4.69) is 4.72 Å². The molecule has 8 heteroatoms. The van der Waals surface area contributed by atoms with Gasteiger partial charge in [0.25, 0.3) is 5.91 Å². The van der Waals surface area contributed by atoms with Crippen LogP contribution in [0.4, 0.5) is 5.69 Å². The third kappa shape index (κ3) is 5.53. The number of anilines is 1. The van der Waals surface area contributed by atoms with E-state index in [0.717, 1.165) is 17.7 Å². The number of hydrogen-bond donors (Lipinski definition) is 3. The van der Waals surface area contributed by atoms with Crippen LogP contribution in [0.3, 0.4) is 0 Å². The van der Waals surface area contributed by atoms with E-state index < -0.39 is 15.9 Å². The molecule has 32 heavy (non-hydrogen) atoms. The molecule has 0 saturated heterocycles. The van der Waals surface area contributed by atoms with Crippen molar-refractivity contribution in [3.63, 3.8) is 0 Å². The summed E-state index contributed by atoms with van der Waals surface area (Å²) in [6.45, 7) is 1.15. The van der Waals surface area contributed by atoms with E-state index in [4.69, 9.17) is 11.5 Å². The molecule has 5 N–H and O–H groups in total. The predicted octanol–water partition coefficient (Wildman–Crippen LogP) is 2.93. The normalized spacial score (nSPS) is 11.6. The Labute approximate surface area is 189 Å². The van der Waals surface area contributed by atoms with Crippen LogP contribution in [0.15, 0.2) is 71.6 Å². The Morgan fingerprint density at radius 1 is 0.938 bits per heavy atom. The largest absolute Gasteiger partial charge is 0.398 e. The fraction of sp³-hybridized carbons (Fsp3) is 0.208. The topological polar surface area (TPSA) is 119 Å². The molecule has 168 valence electrons. The second kappa shape index (κ2) is 9.95. The highest BCUT2D eigenvalue weighted by molar-refractivity contribution is 7.89. The summed E-state index contributed by atoms with van der Waals surface area (Å²) in [5, 5.41) is 0. The van der Waals surface area contributed by atoms with Crippen molar-refractivity contribution in [3.8, 4) is 22.3 Å². The molecule has 0 heterocycles. The number of hydrogen-bond acceptors (Lipinski definition) is 5. The Balaban J connectivity index is 1.93. The molecule has 0 saturated carbocycles. The van der Waals surface area contributed by atoms with Crippen LogP contribution < -0.4 is 16.2 Å². The van der Waals surface area contributed by atoms with Gasteiger partial charge in [0, 0.05) is 12.1 Å². The Hall–Kier alpha value is -3.20. The van der Waals surface area contributed by atoms with Gasteiger partial charge in [-0.2, -0.15) is 0 Å². The van der Waals surface area contributed by atoms with Gasteiger partial charge in [-0.3, -0.25) is 4.79 Å². The number of nitrogens with two attached hydrogens (primary N) is 2. The minimum Gasteiger partial charge on any atom is -0.398 e. The maximum atomic E-state index is 12.6. The maximum absolute atomic E-state index is 12.6.